The lowest BCUT2D eigenvalue weighted by molar-refractivity contribution is 1.80. The molecule has 0 nitrogen and oxygen atoms in total. The lowest BCUT2D eigenvalue weighted by Gasteiger charge is -2.09. The van der Waals surface area contributed by atoms with Crippen LogP contribution in [0.1, 0.15) is 0 Å². The normalized spacial score (nSPS) is 13.0. The van der Waals surface area contributed by atoms with Crippen LogP contribution in [0.2, 0.25) is 0 Å². The summed E-state index contributed by atoms with van der Waals surface area (Å²) in [6, 6.07) is 69.7. The number of hydrogen-bond acceptors (Lipinski definition) is 0. The molecule has 0 fully saturated rings. The van der Waals surface area contributed by atoms with E-state index >= 15 is 0 Å². The van der Waals surface area contributed by atoms with Gasteiger partial charge in [-0.05, 0) is 180 Å². The molecule has 16 aromatic carbocycles. The van der Waals surface area contributed by atoms with Crippen LogP contribution in [0.5, 0.6) is 0 Å². The molecule has 16 rings (SSSR count). The lowest BCUT2D eigenvalue weighted by Crippen LogP contribution is -1.81. The minimum atomic E-state index is 1.28. The third kappa shape index (κ3) is 3.36. The van der Waals surface area contributed by atoms with Gasteiger partial charge in [-0.15, -0.1) is 0 Å². The molecule has 0 saturated heterocycles. The van der Waals surface area contributed by atoms with E-state index in [1.165, 1.54) is 162 Å². The highest BCUT2D eigenvalue weighted by molar-refractivity contribution is 6.57. The molecular formula is C60H30. The van der Waals surface area contributed by atoms with E-state index in [9.17, 15) is 0 Å². The van der Waals surface area contributed by atoms with E-state index in [2.05, 4.69) is 182 Å². The Morgan fingerprint density at radius 1 is 0.133 bits per heavy atom. The molecular weight excluding hydrogens is 721 g/mol. The van der Waals surface area contributed by atoms with Crippen LogP contribution in [0.15, 0.2) is 182 Å². The van der Waals surface area contributed by atoms with E-state index in [-0.39, 0.29) is 0 Å². The van der Waals surface area contributed by atoms with Gasteiger partial charge in [-0.25, -0.2) is 0 Å². The predicted molar refractivity (Wildman–Crippen MR) is 263 cm³/mol. The van der Waals surface area contributed by atoms with Crippen LogP contribution in [0.25, 0.3) is 162 Å². The molecule has 0 bridgehead atoms. The van der Waals surface area contributed by atoms with E-state index in [0.29, 0.717) is 0 Å². The average Bonchev–Trinajstić information content (AvgIpc) is 3.93. The van der Waals surface area contributed by atoms with Crippen molar-refractivity contribution in [2.75, 3.05) is 0 Å². The van der Waals surface area contributed by atoms with Crippen LogP contribution in [-0.2, 0) is 0 Å². The van der Waals surface area contributed by atoms with Crippen LogP contribution in [0.3, 0.4) is 0 Å². The molecule has 16 aromatic rings. The van der Waals surface area contributed by atoms with Crippen LogP contribution >= 0.6 is 0 Å². The summed E-state index contributed by atoms with van der Waals surface area (Å²) < 4.78 is 0. The first-order chi connectivity index (χ1) is 29.8. The zero-order chi connectivity index (χ0) is 38.5. The van der Waals surface area contributed by atoms with Crippen LogP contribution in [0, 0.1) is 0 Å². The molecule has 0 spiro atoms. The average molecular weight is 751 g/mol. The Bertz CT molecular complexity index is 4120. The molecule has 0 atom stereocenters. The molecule has 60 heavy (non-hydrogen) atoms. The van der Waals surface area contributed by atoms with Crippen molar-refractivity contribution >= 4 is 162 Å². The Morgan fingerprint density at radius 3 is 0.733 bits per heavy atom. The number of fused-ring (bicyclic) bond motifs is 24. The molecule has 0 radical (unpaired) electrons. The van der Waals surface area contributed by atoms with Gasteiger partial charge in [0.25, 0.3) is 0 Å². The Morgan fingerprint density at radius 2 is 0.400 bits per heavy atom. The van der Waals surface area contributed by atoms with Crippen molar-refractivity contribution in [3.8, 4) is 0 Å². The summed E-state index contributed by atoms with van der Waals surface area (Å²) in [5, 5.41) is 40.3. The van der Waals surface area contributed by atoms with Crippen molar-refractivity contribution in [2.45, 2.75) is 0 Å². The third-order valence-electron chi connectivity index (χ3n) is 14.8. The fourth-order valence-corrected chi connectivity index (χ4v) is 12.5. The number of rotatable bonds is 0. The summed E-state index contributed by atoms with van der Waals surface area (Å²) in [6.45, 7) is 0. The monoisotopic (exact) mass is 750 g/mol. The highest BCUT2D eigenvalue weighted by Crippen LogP contribution is 2.57. The van der Waals surface area contributed by atoms with Gasteiger partial charge < -0.3 is 0 Å². The van der Waals surface area contributed by atoms with Crippen LogP contribution < -0.4 is 0 Å². The van der Waals surface area contributed by atoms with Crippen molar-refractivity contribution in [3.05, 3.63) is 182 Å². The molecule has 0 heterocycles. The van der Waals surface area contributed by atoms with Crippen molar-refractivity contribution in [2.24, 2.45) is 0 Å². The molecule has 0 aromatic heterocycles. The molecule has 0 aliphatic carbocycles. The van der Waals surface area contributed by atoms with Crippen molar-refractivity contribution in [1.82, 2.24) is 0 Å². The molecule has 0 N–H and O–H groups in total. The molecule has 0 aliphatic rings. The first kappa shape index (κ1) is 30.3. The van der Waals surface area contributed by atoms with Gasteiger partial charge in [-0.1, -0.05) is 164 Å². The Hall–Kier alpha value is -7.80. The second kappa shape index (κ2) is 10.2. The van der Waals surface area contributed by atoms with Crippen molar-refractivity contribution < 1.29 is 0 Å². The Labute approximate surface area is 342 Å². The first-order valence-electron chi connectivity index (χ1n) is 21.2. The van der Waals surface area contributed by atoms with Gasteiger partial charge >= 0.3 is 0 Å². The molecule has 0 amide bonds. The van der Waals surface area contributed by atoms with E-state index in [0.717, 1.165) is 0 Å². The summed E-state index contributed by atoms with van der Waals surface area (Å²) in [5.74, 6) is 0. The predicted octanol–water partition coefficient (Wildman–Crippen LogP) is 17.3. The second-order valence-corrected chi connectivity index (χ2v) is 17.4. The van der Waals surface area contributed by atoms with E-state index in [4.69, 9.17) is 0 Å². The Kier molecular flexibility index (Phi) is 5.18. The van der Waals surface area contributed by atoms with E-state index in [1.54, 1.807) is 0 Å². The SMILES string of the molecule is c1ccc2c(c1)ccc1c2cc2c3c1cccc3c1c2c2c3cccc4c5ccc6ccccc6c5cc(c43)c2c2c3cccc4c5ccc6ccccc6c5cc(c43)c12. The quantitative estimate of drug-likeness (QED) is 0.135. The van der Waals surface area contributed by atoms with Gasteiger partial charge in [0, 0.05) is 0 Å². The summed E-state index contributed by atoms with van der Waals surface area (Å²) >= 11 is 0. The molecule has 0 saturated carbocycles. The van der Waals surface area contributed by atoms with Crippen molar-refractivity contribution in [1.29, 1.82) is 0 Å². The standard InChI is InChI=1S/C60H30/c1-4-13-34-31(10-1)22-25-37-40-16-7-19-43-52(40)49(28-46(34)37)58-55(43)59-51-30-48-36-15-6-3-12-33(36)24-27-39(48)42-18-9-21-45(54(42)51)57(59)60-50-29-47-35-14-5-2-11-32(35)23-26-38(47)41-17-8-20-44(53(41)50)56(58)60/h1-30H. The van der Waals surface area contributed by atoms with Gasteiger partial charge in [0.2, 0.25) is 0 Å². The van der Waals surface area contributed by atoms with Crippen LogP contribution in [0.4, 0.5) is 0 Å². The van der Waals surface area contributed by atoms with E-state index in [1.807, 2.05) is 0 Å². The topological polar surface area (TPSA) is 0 Å². The van der Waals surface area contributed by atoms with E-state index < -0.39 is 0 Å². The second-order valence-electron chi connectivity index (χ2n) is 17.4. The first-order valence-corrected chi connectivity index (χ1v) is 21.2. The zero-order valence-corrected chi connectivity index (χ0v) is 32.3. The maximum absolute atomic E-state index is 2.56. The minimum Gasteiger partial charge on any atom is -0.0616 e. The van der Waals surface area contributed by atoms with Gasteiger partial charge in [0.15, 0.2) is 0 Å². The molecule has 0 aliphatic heterocycles. The maximum Gasteiger partial charge on any atom is -0.000673 e. The molecule has 0 heteroatoms. The largest absolute Gasteiger partial charge is 0.0616 e. The highest BCUT2D eigenvalue weighted by Gasteiger charge is 2.28. The summed E-state index contributed by atoms with van der Waals surface area (Å²) in [6.07, 6.45) is 0. The highest BCUT2D eigenvalue weighted by atomic mass is 14.3. The zero-order valence-electron chi connectivity index (χ0n) is 32.3. The van der Waals surface area contributed by atoms with Gasteiger partial charge in [0.05, 0.1) is 0 Å². The maximum atomic E-state index is 2.56. The van der Waals surface area contributed by atoms with Crippen LogP contribution in [-0.4, -0.2) is 0 Å². The molecule has 270 valence electrons. The number of benzene rings is 13. The fraction of sp³-hybridized carbons (Fsp3) is 0. The van der Waals surface area contributed by atoms with Gasteiger partial charge in [-0.3, -0.25) is 0 Å². The van der Waals surface area contributed by atoms with Gasteiger partial charge in [0.1, 0.15) is 0 Å². The summed E-state index contributed by atoms with van der Waals surface area (Å²) in [5.41, 5.74) is 0. The van der Waals surface area contributed by atoms with Gasteiger partial charge in [-0.2, -0.15) is 0 Å². The number of hydrogen-bond donors (Lipinski definition) is 0. The Balaban J connectivity index is 1.28. The smallest absolute Gasteiger partial charge is 0.000673 e. The minimum absolute atomic E-state index is 1.28. The summed E-state index contributed by atoms with van der Waals surface area (Å²) in [4.78, 5) is 0. The van der Waals surface area contributed by atoms with Crippen molar-refractivity contribution in [3.63, 3.8) is 0 Å². The third-order valence-corrected chi connectivity index (χ3v) is 14.8. The molecule has 0 unspecified atom stereocenters. The summed E-state index contributed by atoms with van der Waals surface area (Å²) in [7, 11) is 0. The lowest BCUT2D eigenvalue weighted by atomic mass is 9.94. The fourth-order valence-electron chi connectivity index (χ4n) is 12.5.